The minimum atomic E-state index is -0.470. The first-order chi connectivity index (χ1) is 10.6. The summed E-state index contributed by atoms with van der Waals surface area (Å²) in [6, 6.07) is 2.79. The molecule has 9 heteroatoms. The average molecular weight is 360 g/mol. The minimum absolute atomic E-state index is 0. The van der Waals surface area contributed by atoms with Crippen molar-refractivity contribution in [2.75, 3.05) is 29.5 Å². The van der Waals surface area contributed by atoms with Crippen LogP contribution in [0.3, 0.4) is 0 Å². The number of carbonyl (C=O) groups excluding carboxylic acids is 2. The van der Waals surface area contributed by atoms with Crippen molar-refractivity contribution in [2.45, 2.75) is 19.4 Å². The first-order valence-corrected chi connectivity index (χ1v) is 8.12. The zero-order valence-corrected chi connectivity index (χ0v) is 14.2. The number of ether oxygens (including phenoxy) is 2. The molecule has 126 valence electrons. The number of carbonyl (C=O) groups is 2. The molecule has 2 aliphatic heterocycles. The number of anilines is 2. The van der Waals surface area contributed by atoms with Gasteiger partial charge in [0, 0.05) is 24.3 Å². The Morgan fingerprint density at radius 3 is 2.78 bits per heavy atom. The predicted molar refractivity (Wildman–Crippen MR) is 91.1 cm³/mol. The fourth-order valence-electron chi connectivity index (χ4n) is 2.39. The third-order valence-electron chi connectivity index (χ3n) is 3.61. The number of nitrogen functional groups attached to an aromatic ring is 1. The van der Waals surface area contributed by atoms with Crippen LogP contribution in [0.4, 0.5) is 11.4 Å². The van der Waals surface area contributed by atoms with Crippen molar-refractivity contribution >= 4 is 47.4 Å². The summed E-state index contributed by atoms with van der Waals surface area (Å²) in [5.41, 5.74) is 6.79. The summed E-state index contributed by atoms with van der Waals surface area (Å²) in [6.07, 6.45) is 0.385. The number of hydrogen-bond donors (Lipinski definition) is 2. The van der Waals surface area contributed by atoms with Gasteiger partial charge in [0.15, 0.2) is 11.5 Å². The number of benzene rings is 1. The van der Waals surface area contributed by atoms with Crippen LogP contribution in [0, 0.1) is 0 Å². The van der Waals surface area contributed by atoms with Crippen molar-refractivity contribution in [1.82, 2.24) is 4.90 Å². The van der Waals surface area contributed by atoms with E-state index in [0.717, 1.165) is 0 Å². The predicted octanol–water partition coefficient (Wildman–Crippen LogP) is 1.67. The van der Waals surface area contributed by atoms with Crippen molar-refractivity contribution in [2.24, 2.45) is 0 Å². The summed E-state index contributed by atoms with van der Waals surface area (Å²) in [5.74, 6) is 1.98. The Balaban J connectivity index is 0.00000192. The van der Waals surface area contributed by atoms with Crippen molar-refractivity contribution in [3.05, 3.63) is 12.1 Å². The minimum Gasteiger partial charge on any atom is -0.454 e. The van der Waals surface area contributed by atoms with Crippen molar-refractivity contribution in [3.63, 3.8) is 0 Å². The molecule has 3 N–H and O–H groups in total. The van der Waals surface area contributed by atoms with E-state index >= 15 is 0 Å². The van der Waals surface area contributed by atoms with Crippen molar-refractivity contribution in [3.8, 4) is 11.5 Å². The molecule has 1 unspecified atom stereocenters. The normalized spacial score (nSPS) is 18.5. The van der Waals surface area contributed by atoms with Gasteiger partial charge >= 0.3 is 0 Å². The molecule has 0 radical (unpaired) electrons. The number of thioether (sulfide) groups is 1. The van der Waals surface area contributed by atoms with E-state index in [4.69, 9.17) is 15.2 Å². The maximum Gasteiger partial charge on any atom is 0.248 e. The third kappa shape index (κ3) is 3.42. The number of nitrogens with zero attached hydrogens (tertiary/aromatic N) is 1. The van der Waals surface area contributed by atoms with Gasteiger partial charge in [-0.15, -0.1) is 24.2 Å². The van der Waals surface area contributed by atoms with E-state index < -0.39 is 6.04 Å². The van der Waals surface area contributed by atoms with Gasteiger partial charge in [-0.1, -0.05) is 6.92 Å². The van der Waals surface area contributed by atoms with Crippen LogP contribution < -0.4 is 20.5 Å². The van der Waals surface area contributed by atoms with Crippen LogP contribution in [0.2, 0.25) is 0 Å². The lowest BCUT2D eigenvalue weighted by Crippen LogP contribution is -2.44. The molecule has 1 atom stereocenters. The van der Waals surface area contributed by atoms with Crippen LogP contribution in [0.25, 0.3) is 0 Å². The standard InChI is InChI=1S/C14H17N3O4S.ClH/c1-2-13(18)17-6-22-5-10(17)14(19)16-9-4-12-11(3-8(9)15)20-7-21-12;/h3-4,10H,2,5-7,15H2,1H3,(H,16,19);1H. The lowest BCUT2D eigenvalue weighted by atomic mass is 10.2. The topological polar surface area (TPSA) is 93.9 Å². The van der Waals surface area contributed by atoms with E-state index in [1.54, 1.807) is 35.7 Å². The average Bonchev–Trinajstić information content (AvgIpc) is 3.15. The van der Waals surface area contributed by atoms with Crippen LogP contribution >= 0.6 is 24.2 Å². The summed E-state index contributed by atoms with van der Waals surface area (Å²) in [6.45, 7) is 1.93. The molecule has 23 heavy (non-hydrogen) atoms. The number of amides is 2. The maximum absolute atomic E-state index is 12.5. The molecule has 1 aromatic carbocycles. The second kappa shape index (κ2) is 7.18. The molecule has 1 fully saturated rings. The highest BCUT2D eigenvalue weighted by Crippen LogP contribution is 2.38. The van der Waals surface area contributed by atoms with E-state index in [0.29, 0.717) is 40.9 Å². The fraction of sp³-hybridized carbons (Fsp3) is 0.429. The summed E-state index contributed by atoms with van der Waals surface area (Å²) in [5, 5.41) is 2.78. The molecule has 7 nitrogen and oxygen atoms in total. The Labute approximate surface area is 144 Å². The molecular weight excluding hydrogens is 342 g/mol. The fourth-order valence-corrected chi connectivity index (χ4v) is 3.57. The second-order valence-corrected chi connectivity index (χ2v) is 6.01. The number of nitrogens with two attached hydrogens (primary N) is 1. The second-order valence-electron chi connectivity index (χ2n) is 5.01. The van der Waals surface area contributed by atoms with E-state index in [1.165, 1.54) is 0 Å². The van der Waals surface area contributed by atoms with Crippen LogP contribution in [0.5, 0.6) is 11.5 Å². The number of rotatable bonds is 3. The van der Waals surface area contributed by atoms with Crippen molar-refractivity contribution < 1.29 is 19.1 Å². The largest absolute Gasteiger partial charge is 0.454 e. The van der Waals surface area contributed by atoms with E-state index in [-0.39, 0.29) is 31.0 Å². The molecule has 2 amide bonds. The maximum atomic E-state index is 12.5. The molecule has 0 aliphatic carbocycles. The quantitative estimate of drug-likeness (QED) is 0.797. The van der Waals surface area contributed by atoms with Gasteiger partial charge in [-0.3, -0.25) is 9.59 Å². The van der Waals surface area contributed by atoms with Crippen molar-refractivity contribution in [1.29, 1.82) is 0 Å². The molecule has 0 spiro atoms. The highest BCUT2D eigenvalue weighted by molar-refractivity contribution is 7.99. The van der Waals surface area contributed by atoms with Gasteiger partial charge in [0.2, 0.25) is 18.6 Å². The number of nitrogens with one attached hydrogen (secondary N) is 1. The first kappa shape index (κ1) is 17.6. The van der Waals surface area contributed by atoms with Gasteiger partial charge in [0.05, 0.1) is 17.3 Å². The van der Waals surface area contributed by atoms with Gasteiger partial charge in [-0.05, 0) is 0 Å². The molecule has 0 bridgehead atoms. The summed E-state index contributed by atoms with van der Waals surface area (Å²) >= 11 is 1.57. The molecule has 0 aromatic heterocycles. The lowest BCUT2D eigenvalue weighted by molar-refractivity contribution is -0.135. The Morgan fingerprint density at radius 2 is 2.09 bits per heavy atom. The molecule has 3 rings (SSSR count). The Morgan fingerprint density at radius 1 is 1.39 bits per heavy atom. The summed E-state index contributed by atoms with van der Waals surface area (Å²) in [7, 11) is 0. The Kier molecular flexibility index (Phi) is 5.48. The van der Waals surface area contributed by atoms with Crippen LogP contribution in [-0.4, -0.2) is 41.2 Å². The summed E-state index contributed by atoms with van der Waals surface area (Å²) in [4.78, 5) is 25.9. The molecule has 0 saturated carbocycles. The van der Waals surface area contributed by atoms with Gasteiger partial charge in [-0.2, -0.15) is 0 Å². The molecule has 1 aromatic rings. The van der Waals surface area contributed by atoms with Gasteiger partial charge in [0.1, 0.15) is 6.04 Å². The highest BCUT2D eigenvalue weighted by atomic mass is 35.5. The molecular formula is C14H18ClN3O4S. The third-order valence-corrected chi connectivity index (χ3v) is 4.62. The molecule has 2 heterocycles. The smallest absolute Gasteiger partial charge is 0.248 e. The van der Waals surface area contributed by atoms with E-state index in [1.807, 2.05) is 0 Å². The molecule has 2 aliphatic rings. The van der Waals surface area contributed by atoms with Gasteiger partial charge < -0.3 is 25.4 Å². The van der Waals surface area contributed by atoms with E-state index in [9.17, 15) is 9.59 Å². The monoisotopic (exact) mass is 359 g/mol. The van der Waals surface area contributed by atoms with E-state index in [2.05, 4.69) is 5.32 Å². The zero-order valence-electron chi connectivity index (χ0n) is 12.5. The Bertz CT molecular complexity index is 628. The lowest BCUT2D eigenvalue weighted by Gasteiger charge is -2.22. The number of hydrogen-bond acceptors (Lipinski definition) is 6. The zero-order chi connectivity index (χ0) is 15.7. The molecule has 1 saturated heterocycles. The number of fused-ring (bicyclic) bond motifs is 1. The number of halogens is 1. The van der Waals surface area contributed by atoms with Crippen LogP contribution in [0.15, 0.2) is 12.1 Å². The summed E-state index contributed by atoms with van der Waals surface area (Å²) < 4.78 is 10.5. The van der Waals surface area contributed by atoms with Crippen LogP contribution in [-0.2, 0) is 9.59 Å². The van der Waals surface area contributed by atoms with Gasteiger partial charge in [0.25, 0.3) is 0 Å². The SMILES string of the molecule is CCC(=O)N1CSCC1C(=O)Nc1cc2c(cc1N)OCO2.Cl. The van der Waals surface area contributed by atoms with Gasteiger partial charge in [-0.25, -0.2) is 0 Å². The Hall–Kier alpha value is -1.80. The highest BCUT2D eigenvalue weighted by Gasteiger charge is 2.34. The first-order valence-electron chi connectivity index (χ1n) is 6.97. The van der Waals surface area contributed by atoms with Crippen LogP contribution in [0.1, 0.15) is 13.3 Å².